The Morgan fingerprint density at radius 2 is 1.47 bits per heavy atom. The van der Waals surface area contributed by atoms with Crippen molar-refractivity contribution in [2.24, 2.45) is 17.4 Å². The van der Waals surface area contributed by atoms with E-state index in [-0.39, 0.29) is 30.9 Å². The Labute approximate surface area is 192 Å². The highest BCUT2D eigenvalue weighted by Gasteiger charge is 2.31. The van der Waals surface area contributed by atoms with E-state index in [0.717, 1.165) is 0 Å². The SMILES string of the molecule is CC(C)C(NC(=O)C(CS)NC(=O)C(N)CCC(=O)O)C(=O)NC(CCCCN)C(=O)O. The third kappa shape index (κ3) is 11.3. The van der Waals surface area contributed by atoms with Gasteiger partial charge in [0.1, 0.15) is 18.1 Å². The number of carboxylic acid groups (broad SMARTS) is 2. The maximum atomic E-state index is 12.7. The zero-order valence-corrected chi connectivity index (χ0v) is 19.3. The van der Waals surface area contributed by atoms with E-state index in [4.69, 9.17) is 16.6 Å². The van der Waals surface area contributed by atoms with Crippen molar-refractivity contribution < 1.29 is 34.2 Å². The molecule has 4 atom stereocenters. The van der Waals surface area contributed by atoms with Gasteiger partial charge in [-0.1, -0.05) is 13.8 Å². The lowest BCUT2D eigenvalue weighted by Crippen LogP contribution is -2.58. The minimum Gasteiger partial charge on any atom is -0.481 e. The van der Waals surface area contributed by atoms with Crippen LogP contribution in [0.5, 0.6) is 0 Å². The van der Waals surface area contributed by atoms with E-state index >= 15 is 0 Å². The second kappa shape index (κ2) is 15.4. The zero-order valence-electron chi connectivity index (χ0n) is 18.4. The molecule has 3 amide bonds. The predicted molar refractivity (Wildman–Crippen MR) is 120 cm³/mol. The van der Waals surface area contributed by atoms with Crippen LogP contribution in [0, 0.1) is 5.92 Å². The Bertz CT molecular complexity index is 662. The number of hydrogen-bond acceptors (Lipinski definition) is 8. The summed E-state index contributed by atoms with van der Waals surface area (Å²) >= 11 is 4.04. The second-order valence-corrected chi connectivity index (χ2v) is 8.06. The van der Waals surface area contributed by atoms with E-state index in [1.165, 1.54) is 0 Å². The van der Waals surface area contributed by atoms with Gasteiger partial charge in [-0.15, -0.1) is 0 Å². The number of amides is 3. The number of thiol groups is 1. The minimum atomic E-state index is -1.19. The monoisotopic (exact) mass is 477 g/mol. The number of carbonyl (C=O) groups excluding carboxylic acids is 3. The average molecular weight is 478 g/mol. The van der Waals surface area contributed by atoms with Crippen LogP contribution in [0.25, 0.3) is 0 Å². The summed E-state index contributed by atoms with van der Waals surface area (Å²) in [6, 6.07) is -4.44. The number of hydrogen-bond donors (Lipinski definition) is 8. The van der Waals surface area contributed by atoms with Crippen molar-refractivity contribution >= 4 is 42.3 Å². The average Bonchev–Trinajstić information content (AvgIpc) is 2.72. The van der Waals surface area contributed by atoms with Gasteiger partial charge in [-0.3, -0.25) is 19.2 Å². The van der Waals surface area contributed by atoms with Crippen LogP contribution in [-0.2, 0) is 24.0 Å². The molecule has 0 bridgehead atoms. The Balaban J connectivity index is 5.09. The number of carboxylic acids is 2. The zero-order chi connectivity index (χ0) is 24.8. The smallest absolute Gasteiger partial charge is 0.326 e. The fourth-order valence-corrected chi connectivity index (χ4v) is 2.94. The van der Waals surface area contributed by atoms with E-state index in [1.807, 2.05) is 0 Å². The van der Waals surface area contributed by atoms with Crippen LogP contribution in [0.3, 0.4) is 0 Å². The van der Waals surface area contributed by atoms with Crippen molar-refractivity contribution in [3.05, 3.63) is 0 Å². The lowest BCUT2D eigenvalue weighted by atomic mass is 10.0. The number of nitrogens with one attached hydrogen (secondary N) is 3. The van der Waals surface area contributed by atoms with Gasteiger partial charge in [-0.2, -0.15) is 12.6 Å². The van der Waals surface area contributed by atoms with Gasteiger partial charge < -0.3 is 37.6 Å². The summed E-state index contributed by atoms with van der Waals surface area (Å²) in [7, 11) is 0. The maximum absolute atomic E-state index is 12.7. The summed E-state index contributed by atoms with van der Waals surface area (Å²) in [5, 5.41) is 25.3. The Hall–Kier alpha value is -2.38. The second-order valence-electron chi connectivity index (χ2n) is 7.70. The highest BCUT2D eigenvalue weighted by molar-refractivity contribution is 7.80. The summed E-state index contributed by atoms with van der Waals surface area (Å²) in [6.45, 7) is 3.75. The van der Waals surface area contributed by atoms with E-state index in [0.29, 0.717) is 19.4 Å². The third-order valence-electron chi connectivity index (χ3n) is 4.63. The molecule has 0 saturated carbocycles. The molecule has 0 rings (SSSR count). The maximum Gasteiger partial charge on any atom is 0.326 e. The van der Waals surface area contributed by atoms with Crippen molar-refractivity contribution in [1.82, 2.24) is 16.0 Å². The van der Waals surface area contributed by atoms with Gasteiger partial charge in [0.15, 0.2) is 0 Å². The van der Waals surface area contributed by atoms with Gasteiger partial charge in [-0.25, -0.2) is 4.79 Å². The topological polar surface area (TPSA) is 214 Å². The summed E-state index contributed by atoms with van der Waals surface area (Å²) in [5.41, 5.74) is 11.0. The predicted octanol–water partition coefficient (Wildman–Crippen LogP) is -1.57. The molecule has 0 heterocycles. The normalized spacial score (nSPS) is 14.7. The van der Waals surface area contributed by atoms with Gasteiger partial charge in [0.2, 0.25) is 17.7 Å². The molecule has 0 spiro atoms. The molecule has 0 saturated heterocycles. The van der Waals surface area contributed by atoms with Crippen LogP contribution in [-0.4, -0.2) is 76.3 Å². The van der Waals surface area contributed by atoms with E-state index in [2.05, 4.69) is 28.6 Å². The number of aliphatic carboxylic acids is 2. The van der Waals surface area contributed by atoms with Crippen LogP contribution >= 0.6 is 12.6 Å². The summed E-state index contributed by atoms with van der Waals surface area (Å²) in [4.78, 5) is 59.5. The molecule has 0 fully saturated rings. The van der Waals surface area contributed by atoms with Crippen LogP contribution in [0.4, 0.5) is 0 Å². The van der Waals surface area contributed by atoms with Crippen molar-refractivity contribution in [3.63, 3.8) is 0 Å². The van der Waals surface area contributed by atoms with Crippen LogP contribution < -0.4 is 27.4 Å². The number of rotatable bonds is 16. The molecule has 0 aromatic carbocycles. The highest BCUT2D eigenvalue weighted by atomic mass is 32.1. The molecular weight excluding hydrogens is 442 g/mol. The fourth-order valence-electron chi connectivity index (χ4n) is 2.68. The van der Waals surface area contributed by atoms with Gasteiger partial charge in [-0.05, 0) is 38.1 Å². The lowest BCUT2D eigenvalue weighted by Gasteiger charge is -2.26. The first-order chi connectivity index (χ1) is 14.9. The molecule has 184 valence electrons. The van der Waals surface area contributed by atoms with Crippen LogP contribution in [0.2, 0.25) is 0 Å². The Morgan fingerprint density at radius 1 is 0.875 bits per heavy atom. The number of carbonyl (C=O) groups is 5. The van der Waals surface area contributed by atoms with Gasteiger partial charge in [0, 0.05) is 12.2 Å². The Morgan fingerprint density at radius 3 is 1.94 bits per heavy atom. The molecule has 32 heavy (non-hydrogen) atoms. The van der Waals surface area contributed by atoms with Crippen molar-refractivity contribution in [2.45, 2.75) is 70.1 Å². The fraction of sp³-hybridized carbons (Fsp3) is 0.737. The summed E-state index contributed by atoms with van der Waals surface area (Å²) in [5.74, 6) is -4.89. The van der Waals surface area contributed by atoms with Crippen molar-refractivity contribution in [2.75, 3.05) is 12.3 Å². The van der Waals surface area contributed by atoms with Gasteiger partial charge >= 0.3 is 11.9 Å². The Kier molecular flexibility index (Phi) is 14.3. The van der Waals surface area contributed by atoms with Gasteiger partial charge in [0.05, 0.1) is 6.04 Å². The van der Waals surface area contributed by atoms with E-state index in [1.54, 1.807) is 13.8 Å². The summed E-state index contributed by atoms with van der Waals surface area (Å²) < 4.78 is 0. The van der Waals surface area contributed by atoms with E-state index in [9.17, 15) is 29.1 Å². The molecule has 4 unspecified atom stereocenters. The molecule has 0 aromatic rings. The standard InChI is InChI=1S/C19H35N5O7S/c1-10(2)15(18(29)22-12(19(30)31)5-3-4-8-20)24-17(28)13(9-32)23-16(27)11(21)6-7-14(25)26/h10-13,15,32H,3-9,20-21H2,1-2H3,(H,22,29)(H,23,27)(H,24,28)(H,25,26)(H,30,31). The highest BCUT2D eigenvalue weighted by Crippen LogP contribution is 2.07. The molecule has 0 aliphatic carbocycles. The summed E-state index contributed by atoms with van der Waals surface area (Å²) in [6.07, 6.45) is 0.905. The molecule has 0 aliphatic heterocycles. The minimum absolute atomic E-state index is 0.105. The lowest BCUT2D eigenvalue weighted by molar-refractivity contribution is -0.143. The van der Waals surface area contributed by atoms with E-state index < -0.39 is 53.8 Å². The number of nitrogens with two attached hydrogens (primary N) is 2. The molecule has 9 N–H and O–H groups in total. The van der Waals surface area contributed by atoms with Crippen molar-refractivity contribution in [1.29, 1.82) is 0 Å². The number of unbranched alkanes of at least 4 members (excludes halogenated alkanes) is 1. The largest absolute Gasteiger partial charge is 0.481 e. The molecule has 0 aromatic heterocycles. The molecule has 0 aliphatic rings. The first kappa shape index (κ1) is 29.6. The molecule has 0 radical (unpaired) electrons. The van der Waals surface area contributed by atoms with Crippen LogP contribution in [0.15, 0.2) is 0 Å². The third-order valence-corrected chi connectivity index (χ3v) is 5.00. The molecule has 13 heteroatoms. The first-order valence-electron chi connectivity index (χ1n) is 10.4. The first-order valence-corrected chi connectivity index (χ1v) is 11.0. The molecular formula is C19H35N5O7S. The molecule has 12 nitrogen and oxygen atoms in total. The van der Waals surface area contributed by atoms with Gasteiger partial charge in [0.25, 0.3) is 0 Å². The van der Waals surface area contributed by atoms with Crippen LogP contribution in [0.1, 0.15) is 46.0 Å². The van der Waals surface area contributed by atoms with Crippen molar-refractivity contribution in [3.8, 4) is 0 Å². The quantitative estimate of drug-likeness (QED) is 0.0950.